The van der Waals surface area contributed by atoms with Gasteiger partial charge in [0.15, 0.2) is 0 Å². The van der Waals surface area contributed by atoms with Gasteiger partial charge in [0.1, 0.15) is 0 Å². The minimum absolute atomic E-state index is 0.0764. The maximum Gasteiger partial charge on any atom is 0.0781 e. The highest BCUT2D eigenvalue weighted by molar-refractivity contribution is 6.48. The van der Waals surface area contributed by atoms with Crippen LogP contribution in [0.1, 0.15) is 37.1 Å². The third-order valence-corrected chi connectivity index (χ3v) is 4.64. The molecule has 0 bridgehead atoms. The summed E-state index contributed by atoms with van der Waals surface area (Å²) in [5.41, 5.74) is 2.18. The van der Waals surface area contributed by atoms with Crippen LogP contribution in [0.15, 0.2) is 42.5 Å². The van der Waals surface area contributed by atoms with Gasteiger partial charge < -0.3 is 5.32 Å². The van der Waals surface area contributed by atoms with Crippen LogP contribution < -0.4 is 5.32 Å². The van der Waals surface area contributed by atoms with Crippen LogP contribution >= 0.6 is 34.8 Å². The van der Waals surface area contributed by atoms with E-state index in [1.807, 2.05) is 24.3 Å². The molecule has 0 saturated heterocycles. The van der Waals surface area contributed by atoms with E-state index in [1.165, 1.54) is 5.56 Å². The molecule has 2 aromatic rings. The fraction of sp³-hybridized carbons (Fsp3) is 0.250. The van der Waals surface area contributed by atoms with Gasteiger partial charge in [-0.2, -0.15) is 0 Å². The van der Waals surface area contributed by atoms with E-state index in [2.05, 4.69) is 31.3 Å². The van der Waals surface area contributed by atoms with E-state index in [0.29, 0.717) is 15.1 Å². The third-order valence-electron chi connectivity index (χ3n) is 3.33. The topological polar surface area (TPSA) is 12.0 Å². The molecule has 2 rings (SSSR count). The summed E-state index contributed by atoms with van der Waals surface area (Å²) in [7, 11) is 0. The lowest BCUT2D eigenvalue weighted by atomic mass is 10.0. The quantitative estimate of drug-likeness (QED) is 0.673. The van der Waals surface area contributed by atoms with E-state index in [9.17, 15) is 0 Å². The minimum Gasteiger partial charge on any atom is -0.304 e. The van der Waals surface area contributed by atoms with Gasteiger partial charge in [0.25, 0.3) is 0 Å². The smallest absolute Gasteiger partial charge is 0.0781 e. The van der Waals surface area contributed by atoms with Crippen LogP contribution in [-0.2, 0) is 0 Å². The average molecular weight is 329 g/mol. The Balaban J connectivity index is 2.17. The number of rotatable bonds is 4. The lowest BCUT2D eigenvalue weighted by Gasteiger charge is -2.22. The minimum atomic E-state index is 0.0764. The molecule has 2 aromatic carbocycles. The zero-order valence-electron chi connectivity index (χ0n) is 11.3. The van der Waals surface area contributed by atoms with Crippen molar-refractivity contribution < 1.29 is 0 Å². The molecule has 1 nitrogen and oxygen atoms in total. The van der Waals surface area contributed by atoms with E-state index >= 15 is 0 Å². The summed E-state index contributed by atoms with van der Waals surface area (Å²) in [5.74, 6) is 0. The Hall–Kier alpha value is -0.730. The molecule has 1 N–H and O–H groups in total. The standard InChI is InChI=1S/C16H16Cl3N/c1-10(12-6-4-3-5-7-12)20-11(2)13-8-9-14(17)16(19)15(13)18/h3-11,20H,1-2H3/t10-,11?/m1/s1. The summed E-state index contributed by atoms with van der Waals surface area (Å²) < 4.78 is 0. The first-order chi connectivity index (χ1) is 9.50. The highest BCUT2D eigenvalue weighted by Crippen LogP contribution is 2.35. The van der Waals surface area contributed by atoms with Crippen molar-refractivity contribution >= 4 is 34.8 Å². The van der Waals surface area contributed by atoms with Gasteiger partial charge in [-0.3, -0.25) is 0 Å². The number of hydrogen-bond acceptors (Lipinski definition) is 1. The van der Waals surface area contributed by atoms with Crippen molar-refractivity contribution in [3.63, 3.8) is 0 Å². The monoisotopic (exact) mass is 327 g/mol. The Morgan fingerprint density at radius 1 is 0.800 bits per heavy atom. The predicted molar refractivity (Wildman–Crippen MR) is 87.9 cm³/mol. The van der Waals surface area contributed by atoms with Crippen LogP contribution in [0.2, 0.25) is 15.1 Å². The molecule has 0 aliphatic rings. The molecule has 0 amide bonds. The Morgan fingerprint density at radius 3 is 2.10 bits per heavy atom. The Labute approximate surface area is 134 Å². The van der Waals surface area contributed by atoms with Gasteiger partial charge in [-0.1, -0.05) is 71.2 Å². The summed E-state index contributed by atoms with van der Waals surface area (Å²) in [5, 5.41) is 4.91. The number of benzene rings is 2. The van der Waals surface area contributed by atoms with Crippen LogP contribution in [0.4, 0.5) is 0 Å². The molecular weight excluding hydrogens is 313 g/mol. The zero-order chi connectivity index (χ0) is 14.7. The van der Waals surface area contributed by atoms with E-state index in [1.54, 1.807) is 6.07 Å². The zero-order valence-corrected chi connectivity index (χ0v) is 13.6. The van der Waals surface area contributed by atoms with Crippen molar-refractivity contribution in [3.05, 3.63) is 68.7 Å². The summed E-state index contributed by atoms with van der Waals surface area (Å²) in [6.07, 6.45) is 0. The molecule has 0 fully saturated rings. The normalized spacial score (nSPS) is 14.1. The summed E-state index contributed by atoms with van der Waals surface area (Å²) in [4.78, 5) is 0. The summed E-state index contributed by atoms with van der Waals surface area (Å²) >= 11 is 18.3. The molecule has 20 heavy (non-hydrogen) atoms. The Morgan fingerprint density at radius 2 is 1.45 bits per heavy atom. The van der Waals surface area contributed by atoms with E-state index < -0.39 is 0 Å². The lowest BCUT2D eigenvalue weighted by molar-refractivity contribution is 0.495. The van der Waals surface area contributed by atoms with Crippen molar-refractivity contribution in [1.82, 2.24) is 5.32 Å². The second-order valence-corrected chi connectivity index (χ2v) is 5.95. The second-order valence-electron chi connectivity index (χ2n) is 4.79. The van der Waals surface area contributed by atoms with Crippen LogP contribution in [0.5, 0.6) is 0 Å². The van der Waals surface area contributed by atoms with Gasteiger partial charge in [0.2, 0.25) is 0 Å². The molecule has 4 heteroatoms. The first-order valence-electron chi connectivity index (χ1n) is 6.45. The van der Waals surface area contributed by atoms with Gasteiger partial charge in [0.05, 0.1) is 15.1 Å². The molecule has 0 aromatic heterocycles. The molecule has 0 saturated carbocycles. The Kier molecular flexibility index (Phi) is 5.34. The van der Waals surface area contributed by atoms with Crippen molar-refractivity contribution in [3.8, 4) is 0 Å². The van der Waals surface area contributed by atoms with Gasteiger partial charge >= 0.3 is 0 Å². The third kappa shape index (κ3) is 3.48. The predicted octanol–water partition coefficient (Wildman–Crippen LogP) is 6.06. The Bertz CT molecular complexity index is 584. The van der Waals surface area contributed by atoms with Crippen molar-refractivity contribution in [2.45, 2.75) is 25.9 Å². The average Bonchev–Trinajstić information content (AvgIpc) is 2.45. The lowest BCUT2D eigenvalue weighted by Crippen LogP contribution is -2.22. The largest absolute Gasteiger partial charge is 0.304 e. The van der Waals surface area contributed by atoms with Crippen molar-refractivity contribution in [2.24, 2.45) is 0 Å². The maximum atomic E-state index is 6.27. The highest BCUT2D eigenvalue weighted by Gasteiger charge is 2.16. The van der Waals surface area contributed by atoms with Crippen LogP contribution in [-0.4, -0.2) is 0 Å². The van der Waals surface area contributed by atoms with Crippen molar-refractivity contribution in [2.75, 3.05) is 0 Å². The molecule has 0 heterocycles. The molecule has 0 radical (unpaired) electrons. The van der Waals surface area contributed by atoms with Gasteiger partial charge in [-0.25, -0.2) is 0 Å². The molecule has 0 aliphatic heterocycles. The van der Waals surface area contributed by atoms with Crippen LogP contribution in [0, 0.1) is 0 Å². The fourth-order valence-electron chi connectivity index (χ4n) is 2.18. The van der Waals surface area contributed by atoms with Gasteiger partial charge in [-0.15, -0.1) is 0 Å². The summed E-state index contributed by atoms with van der Waals surface area (Å²) in [6.45, 7) is 4.18. The fourth-order valence-corrected chi connectivity index (χ4v) is 2.88. The molecular formula is C16H16Cl3N. The van der Waals surface area contributed by atoms with E-state index in [0.717, 1.165) is 5.56 Å². The van der Waals surface area contributed by atoms with Crippen LogP contribution in [0.25, 0.3) is 0 Å². The highest BCUT2D eigenvalue weighted by atomic mass is 35.5. The van der Waals surface area contributed by atoms with Gasteiger partial charge in [-0.05, 0) is 31.0 Å². The van der Waals surface area contributed by atoms with Crippen LogP contribution in [0.3, 0.4) is 0 Å². The molecule has 2 atom stereocenters. The second kappa shape index (κ2) is 6.82. The SMILES string of the molecule is CC(N[C@H](C)c1ccccc1)c1ccc(Cl)c(Cl)c1Cl. The van der Waals surface area contributed by atoms with Gasteiger partial charge in [0, 0.05) is 12.1 Å². The maximum absolute atomic E-state index is 6.27. The number of hydrogen-bond donors (Lipinski definition) is 1. The first-order valence-corrected chi connectivity index (χ1v) is 7.58. The first kappa shape index (κ1) is 15.7. The molecule has 1 unspecified atom stereocenters. The van der Waals surface area contributed by atoms with E-state index in [4.69, 9.17) is 34.8 Å². The number of halogens is 3. The van der Waals surface area contributed by atoms with Crippen molar-refractivity contribution in [1.29, 1.82) is 0 Å². The van der Waals surface area contributed by atoms with E-state index in [-0.39, 0.29) is 12.1 Å². The summed E-state index contributed by atoms with van der Waals surface area (Å²) in [6, 6.07) is 14.2. The molecule has 0 spiro atoms. The number of nitrogens with one attached hydrogen (secondary N) is 1. The molecule has 0 aliphatic carbocycles. The molecule has 106 valence electrons.